The molecule has 0 spiro atoms. The highest BCUT2D eigenvalue weighted by Gasteiger charge is 2.05. The highest BCUT2D eigenvalue weighted by atomic mass is 35.5. The van der Waals surface area contributed by atoms with Crippen LogP contribution in [0.25, 0.3) is 10.9 Å². The van der Waals surface area contributed by atoms with Gasteiger partial charge in [0.25, 0.3) is 0 Å². The van der Waals surface area contributed by atoms with E-state index in [4.69, 9.17) is 11.6 Å². The van der Waals surface area contributed by atoms with Crippen LogP contribution >= 0.6 is 22.9 Å². The van der Waals surface area contributed by atoms with Crippen LogP contribution in [0, 0.1) is 0 Å². The molecule has 2 aromatic heterocycles. The number of fused-ring (bicyclic) bond motifs is 1. The number of nitrogens with one attached hydrogen (secondary N) is 1. The van der Waals surface area contributed by atoms with Crippen LogP contribution in [0.1, 0.15) is 16.8 Å². The lowest BCUT2D eigenvalue weighted by Gasteiger charge is -2.07. The molecule has 4 nitrogen and oxygen atoms in total. The van der Waals surface area contributed by atoms with Crippen LogP contribution in [0.4, 0.5) is 5.82 Å². The molecule has 2 heterocycles. The second kappa shape index (κ2) is 6.37. The largest absolute Gasteiger partial charge is 0.369 e. The Kier molecular flexibility index (Phi) is 4.31. The quantitative estimate of drug-likeness (QED) is 0.773. The molecule has 0 fully saturated rings. The molecule has 0 aliphatic carbocycles. The first-order valence-corrected chi connectivity index (χ1v) is 8.03. The van der Waals surface area contributed by atoms with Gasteiger partial charge in [0.15, 0.2) is 0 Å². The maximum Gasteiger partial charge on any atom is 0.137 e. The average Bonchev–Trinajstić information content (AvgIpc) is 2.95. The van der Waals surface area contributed by atoms with E-state index in [1.807, 2.05) is 24.4 Å². The lowest BCUT2D eigenvalue weighted by atomic mass is 10.2. The highest BCUT2D eigenvalue weighted by Crippen LogP contribution is 2.22. The Labute approximate surface area is 132 Å². The molecular formula is C15H15ClN4S. The van der Waals surface area contributed by atoms with Crippen LogP contribution in [0.15, 0.2) is 30.7 Å². The minimum Gasteiger partial charge on any atom is -0.369 e. The number of rotatable bonds is 5. The molecule has 3 rings (SSSR count). The lowest BCUT2D eigenvalue weighted by molar-refractivity contribution is 0.986. The number of hydrogen-bond acceptors (Lipinski definition) is 5. The van der Waals surface area contributed by atoms with Crippen LogP contribution in [0.3, 0.4) is 0 Å². The molecular weight excluding hydrogens is 304 g/mol. The number of aromatic nitrogens is 3. The number of halogens is 1. The number of hydrogen-bond donors (Lipinski definition) is 1. The zero-order chi connectivity index (χ0) is 14.7. The fourth-order valence-electron chi connectivity index (χ4n) is 2.09. The summed E-state index contributed by atoms with van der Waals surface area (Å²) in [5.41, 5.74) is 0.850. The van der Waals surface area contributed by atoms with Gasteiger partial charge >= 0.3 is 0 Å². The molecule has 0 radical (unpaired) electrons. The minimum atomic E-state index is 0.682. The highest BCUT2D eigenvalue weighted by molar-refractivity contribution is 7.11. The van der Waals surface area contributed by atoms with E-state index in [-0.39, 0.29) is 0 Å². The first-order valence-electron chi connectivity index (χ1n) is 6.84. The van der Waals surface area contributed by atoms with Crippen LogP contribution in [-0.4, -0.2) is 21.5 Å². The molecule has 0 bridgehead atoms. The third-order valence-corrected chi connectivity index (χ3v) is 4.62. The summed E-state index contributed by atoms with van der Waals surface area (Å²) in [5.74, 6) is 0.837. The van der Waals surface area contributed by atoms with Crippen LogP contribution < -0.4 is 5.32 Å². The molecule has 0 aliphatic heterocycles. The van der Waals surface area contributed by atoms with Gasteiger partial charge in [0, 0.05) is 34.4 Å². The Morgan fingerprint density at radius 1 is 1.24 bits per heavy atom. The minimum absolute atomic E-state index is 0.682. The summed E-state index contributed by atoms with van der Waals surface area (Å²) in [4.78, 5) is 14.3. The van der Waals surface area contributed by atoms with Crippen molar-refractivity contribution in [1.82, 2.24) is 15.0 Å². The van der Waals surface area contributed by atoms with Crippen molar-refractivity contribution >= 4 is 39.7 Å². The summed E-state index contributed by atoms with van der Waals surface area (Å²) in [6, 6.07) is 5.64. The second-order valence-electron chi connectivity index (χ2n) is 4.63. The van der Waals surface area contributed by atoms with Gasteiger partial charge in [-0.15, -0.1) is 11.3 Å². The Bertz CT molecular complexity index is 756. The van der Waals surface area contributed by atoms with Gasteiger partial charge in [-0.2, -0.15) is 0 Å². The van der Waals surface area contributed by atoms with Crippen molar-refractivity contribution < 1.29 is 0 Å². The standard InChI is InChI=1S/C15H15ClN4S/c1-2-11-8-18-14(21-11)5-6-17-15-12-4-3-10(16)7-13(12)19-9-20-15/h3-4,7-9H,2,5-6H2,1H3,(H,17,19,20). The van der Waals surface area contributed by atoms with E-state index in [0.717, 1.165) is 41.1 Å². The van der Waals surface area contributed by atoms with Crippen LogP contribution in [0.5, 0.6) is 0 Å². The first-order chi connectivity index (χ1) is 10.3. The molecule has 1 aromatic carbocycles. The second-order valence-corrected chi connectivity index (χ2v) is 6.27. The summed E-state index contributed by atoms with van der Waals surface area (Å²) in [5, 5.41) is 6.17. The van der Waals surface area contributed by atoms with Crippen molar-refractivity contribution in [3.05, 3.63) is 45.6 Å². The van der Waals surface area contributed by atoms with Gasteiger partial charge in [0.05, 0.1) is 10.5 Å². The summed E-state index contributed by atoms with van der Waals surface area (Å²) >= 11 is 7.76. The van der Waals surface area contributed by atoms with Crippen LogP contribution in [-0.2, 0) is 12.8 Å². The van der Waals surface area contributed by atoms with Gasteiger partial charge in [0.2, 0.25) is 0 Å². The predicted octanol–water partition coefficient (Wildman–Crippen LogP) is 3.96. The zero-order valence-corrected chi connectivity index (χ0v) is 13.2. The van der Waals surface area contributed by atoms with E-state index < -0.39 is 0 Å². The van der Waals surface area contributed by atoms with Gasteiger partial charge in [-0.25, -0.2) is 15.0 Å². The lowest BCUT2D eigenvalue weighted by Crippen LogP contribution is -2.06. The van der Waals surface area contributed by atoms with Crippen molar-refractivity contribution in [3.63, 3.8) is 0 Å². The third-order valence-electron chi connectivity index (χ3n) is 3.18. The van der Waals surface area contributed by atoms with E-state index in [0.29, 0.717) is 5.02 Å². The third kappa shape index (κ3) is 3.31. The number of thiazole rings is 1. The monoisotopic (exact) mass is 318 g/mol. The Hall–Kier alpha value is -1.72. The van der Waals surface area contributed by atoms with E-state index in [2.05, 4.69) is 27.2 Å². The molecule has 3 aromatic rings. The van der Waals surface area contributed by atoms with E-state index in [1.165, 1.54) is 4.88 Å². The van der Waals surface area contributed by atoms with Crippen molar-refractivity contribution in [2.24, 2.45) is 0 Å². The Morgan fingerprint density at radius 3 is 2.95 bits per heavy atom. The summed E-state index contributed by atoms with van der Waals surface area (Å²) in [6.07, 6.45) is 5.45. The molecule has 0 atom stereocenters. The summed E-state index contributed by atoms with van der Waals surface area (Å²) < 4.78 is 0. The average molecular weight is 319 g/mol. The number of benzene rings is 1. The maximum atomic E-state index is 5.98. The fourth-order valence-corrected chi connectivity index (χ4v) is 3.11. The molecule has 0 saturated heterocycles. The van der Waals surface area contributed by atoms with Gasteiger partial charge < -0.3 is 5.32 Å². The van der Waals surface area contributed by atoms with Gasteiger partial charge in [-0.1, -0.05) is 18.5 Å². The Balaban J connectivity index is 1.70. The zero-order valence-electron chi connectivity index (χ0n) is 11.6. The molecule has 0 unspecified atom stereocenters. The van der Waals surface area contributed by atoms with Crippen molar-refractivity contribution in [2.75, 3.05) is 11.9 Å². The van der Waals surface area contributed by atoms with Crippen LogP contribution in [0.2, 0.25) is 5.02 Å². The topological polar surface area (TPSA) is 50.7 Å². The molecule has 0 amide bonds. The fraction of sp³-hybridized carbons (Fsp3) is 0.267. The number of aryl methyl sites for hydroxylation is 1. The molecule has 0 aliphatic rings. The van der Waals surface area contributed by atoms with Crippen molar-refractivity contribution in [3.8, 4) is 0 Å². The SMILES string of the molecule is CCc1cnc(CCNc2ncnc3cc(Cl)ccc23)s1. The van der Waals surface area contributed by atoms with Crippen molar-refractivity contribution in [1.29, 1.82) is 0 Å². The van der Waals surface area contributed by atoms with Crippen molar-refractivity contribution in [2.45, 2.75) is 19.8 Å². The number of anilines is 1. The van der Waals surface area contributed by atoms with Gasteiger partial charge in [-0.3, -0.25) is 0 Å². The van der Waals surface area contributed by atoms with E-state index in [1.54, 1.807) is 17.7 Å². The summed E-state index contributed by atoms with van der Waals surface area (Å²) in [6.45, 7) is 2.94. The predicted molar refractivity (Wildman–Crippen MR) is 88.2 cm³/mol. The maximum absolute atomic E-state index is 5.98. The molecule has 0 saturated carbocycles. The normalized spacial score (nSPS) is 11.0. The van der Waals surface area contributed by atoms with Gasteiger partial charge in [0.1, 0.15) is 12.1 Å². The molecule has 1 N–H and O–H groups in total. The first kappa shape index (κ1) is 14.2. The van der Waals surface area contributed by atoms with E-state index in [9.17, 15) is 0 Å². The van der Waals surface area contributed by atoms with E-state index >= 15 is 0 Å². The Morgan fingerprint density at radius 2 is 2.14 bits per heavy atom. The van der Waals surface area contributed by atoms with Gasteiger partial charge in [-0.05, 0) is 24.6 Å². The molecule has 21 heavy (non-hydrogen) atoms. The molecule has 108 valence electrons. The number of nitrogens with zero attached hydrogens (tertiary/aromatic N) is 3. The molecule has 6 heteroatoms. The smallest absolute Gasteiger partial charge is 0.137 e. The summed E-state index contributed by atoms with van der Waals surface area (Å²) in [7, 11) is 0.